The largest absolute Gasteiger partial charge is 0.314 e. The van der Waals surface area contributed by atoms with E-state index in [0.717, 1.165) is 38.3 Å². The van der Waals surface area contributed by atoms with Crippen molar-refractivity contribution in [2.24, 2.45) is 11.3 Å². The Morgan fingerprint density at radius 1 is 1.16 bits per heavy atom. The Morgan fingerprint density at radius 3 is 2.42 bits per heavy atom. The second-order valence-electron chi connectivity index (χ2n) is 7.28. The molecule has 2 rings (SSSR count). The van der Waals surface area contributed by atoms with Crippen molar-refractivity contribution < 1.29 is 8.42 Å². The Balaban J connectivity index is 1.86. The van der Waals surface area contributed by atoms with Crippen LogP contribution in [-0.4, -0.2) is 32.5 Å². The van der Waals surface area contributed by atoms with Gasteiger partial charge in [0.25, 0.3) is 0 Å². The minimum atomic E-state index is -2.86. The zero-order valence-electron chi connectivity index (χ0n) is 12.6. The van der Waals surface area contributed by atoms with Crippen LogP contribution in [-0.2, 0) is 9.84 Å². The van der Waals surface area contributed by atoms with Crippen LogP contribution in [0.25, 0.3) is 0 Å². The highest BCUT2D eigenvalue weighted by Crippen LogP contribution is 2.42. The zero-order chi connectivity index (χ0) is 14.1. The molecular weight excluding hydrogens is 258 g/mol. The SMILES string of the molecule is CC(C)(CCNC1CC1)C1CCCC(S(C)(=O)=O)C1. The fraction of sp³-hybridized carbons (Fsp3) is 1.00. The van der Waals surface area contributed by atoms with Gasteiger partial charge in [0.15, 0.2) is 0 Å². The van der Waals surface area contributed by atoms with Gasteiger partial charge in [-0.15, -0.1) is 0 Å². The first-order valence-electron chi connectivity index (χ1n) is 7.71. The van der Waals surface area contributed by atoms with Gasteiger partial charge in [-0.1, -0.05) is 20.3 Å². The van der Waals surface area contributed by atoms with Crippen molar-refractivity contribution in [3.63, 3.8) is 0 Å². The van der Waals surface area contributed by atoms with Gasteiger partial charge in [0, 0.05) is 12.3 Å². The molecular formula is C15H29NO2S. The average Bonchev–Trinajstić information content (AvgIpc) is 3.12. The van der Waals surface area contributed by atoms with Crippen molar-refractivity contribution in [3.8, 4) is 0 Å². The van der Waals surface area contributed by atoms with Crippen molar-refractivity contribution in [1.82, 2.24) is 5.32 Å². The molecule has 0 bridgehead atoms. The van der Waals surface area contributed by atoms with Gasteiger partial charge >= 0.3 is 0 Å². The van der Waals surface area contributed by atoms with E-state index in [1.165, 1.54) is 25.5 Å². The molecule has 19 heavy (non-hydrogen) atoms. The zero-order valence-corrected chi connectivity index (χ0v) is 13.4. The molecule has 2 saturated carbocycles. The number of nitrogens with one attached hydrogen (secondary N) is 1. The molecule has 0 aromatic heterocycles. The Bertz CT molecular complexity index is 398. The van der Waals surface area contributed by atoms with Gasteiger partial charge in [-0.05, 0) is 56.4 Å². The van der Waals surface area contributed by atoms with E-state index in [1.54, 1.807) is 0 Å². The molecule has 0 saturated heterocycles. The number of hydrogen-bond donors (Lipinski definition) is 1. The third kappa shape index (κ3) is 4.45. The summed E-state index contributed by atoms with van der Waals surface area (Å²) in [7, 11) is -2.86. The topological polar surface area (TPSA) is 46.2 Å². The minimum Gasteiger partial charge on any atom is -0.314 e. The Kier molecular flexibility index (Phi) is 4.61. The second kappa shape index (κ2) is 5.72. The van der Waals surface area contributed by atoms with E-state index in [-0.39, 0.29) is 10.7 Å². The van der Waals surface area contributed by atoms with E-state index in [9.17, 15) is 8.42 Å². The summed E-state index contributed by atoms with van der Waals surface area (Å²) in [5, 5.41) is 3.48. The van der Waals surface area contributed by atoms with Crippen LogP contribution in [0.3, 0.4) is 0 Å². The summed E-state index contributed by atoms with van der Waals surface area (Å²) in [5.74, 6) is 0.557. The quantitative estimate of drug-likeness (QED) is 0.817. The highest BCUT2D eigenvalue weighted by Gasteiger charge is 2.37. The van der Waals surface area contributed by atoms with Gasteiger partial charge in [0.2, 0.25) is 0 Å². The van der Waals surface area contributed by atoms with Crippen LogP contribution < -0.4 is 5.32 Å². The molecule has 2 unspecified atom stereocenters. The minimum absolute atomic E-state index is 0.0954. The maximum atomic E-state index is 11.8. The third-order valence-corrected chi connectivity index (χ3v) is 6.76. The van der Waals surface area contributed by atoms with E-state index in [1.807, 2.05) is 0 Å². The van der Waals surface area contributed by atoms with Crippen LogP contribution in [0.4, 0.5) is 0 Å². The van der Waals surface area contributed by atoms with Crippen LogP contribution >= 0.6 is 0 Å². The van der Waals surface area contributed by atoms with Crippen LogP contribution in [0.15, 0.2) is 0 Å². The predicted molar refractivity (Wildman–Crippen MR) is 80.0 cm³/mol. The lowest BCUT2D eigenvalue weighted by Crippen LogP contribution is -2.36. The van der Waals surface area contributed by atoms with Gasteiger partial charge in [-0.3, -0.25) is 0 Å². The molecule has 112 valence electrons. The smallest absolute Gasteiger partial charge is 0.150 e. The van der Waals surface area contributed by atoms with Crippen molar-refractivity contribution in [3.05, 3.63) is 0 Å². The second-order valence-corrected chi connectivity index (χ2v) is 9.61. The first-order valence-corrected chi connectivity index (χ1v) is 9.67. The van der Waals surface area contributed by atoms with E-state index in [2.05, 4.69) is 19.2 Å². The number of sulfone groups is 1. The Morgan fingerprint density at radius 2 is 1.84 bits per heavy atom. The Hall–Kier alpha value is -0.0900. The van der Waals surface area contributed by atoms with Crippen molar-refractivity contribution >= 4 is 9.84 Å². The molecule has 2 aliphatic carbocycles. The lowest BCUT2D eigenvalue weighted by Gasteiger charge is -2.39. The lowest BCUT2D eigenvalue weighted by molar-refractivity contribution is 0.147. The molecule has 0 heterocycles. The lowest BCUT2D eigenvalue weighted by atomic mass is 9.69. The normalized spacial score (nSPS) is 29.4. The van der Waals surface area contributed by atoms with Gasteiger partial charge in [-0.2, -0.15) is 0 Å². The van der Waals surface area contributed by atoms with Crippen molar-refractivity contribution in [2.45, 2.75) is 70.1 Å². The highest BCUT2D eigenvalue weighted by atomic mass is 32.2. The van der Waals surface area contributed by atoms with Crippen molar-refractivity contribution in [1.29, 1.82) is 0 Å². The maximum absolute atomic E-state index is 11.8. The molecule has 0 radical (unpaired) electrons. The summed E-state index contributed by atoms with van der Waals surface area (Å²) in [6, 6.07) is 0.769. The molecule has 2 aliphatic rings. The highest BCUT2D eigenvalue weighted by molar-refractivity contribution is 7.91. The predicted octanol–water partition coefficient (Wildman–Crippen LogP) is 2.76. The Labute approximate surface area is 118 Å². The van der Waals surface area contributed by atoms with Crippen LogP contribution in [0, 0.1) is 11.3 Å². The maximum Gasteiger partial charge on any atom is 0.150 e. The molecule has 3 nitrogen and oxygen atoms in total. The van der Waals surface area contributed by atoms with Gasteiger partial charge in [-0.25, -0.2) is 8.42 Å². The monoisotopic (exact) mass is 287 g/mol. The van der Waals surface area contributed by atoms with E-state index in [0.29, 0.717) is 5.92 Å². The van der Waals surface area contributed by atoms with Gasteiger partial charge in [0.05, 0.1) is 5.25 Å². The van der Waals surface area contributed by atoms with Crippen LogP contribution in [0.5, 0.6) is 0 Å². The molecule has 0 aliphatic heterocycles. The van der Waals surface area contributed by atoms with Crippen LogP contribution in [0.2, 0.25) is 0 Å². The molecule has 0 spiro atoms. The molecule has 4 heteroatoms. The first-order chi connectivity index (χ1) is 8.79. The van der Waals surface area contributed by atoms with E-state index < -0.39 is 9.84 Å². The molecule has 1 N–H and O–H groups in total. The summed E-state index contributed by atoms with van der Waals surface area (Å²) < 4.78 is 23.5. The summed E-state index contributed by atoms with van der Waals surface area (Å²) in [6.07, 6.45) is 9.23. The summed E-state index contributed by atoms with van der Waals surface area (Å²) in [5.41, 5.74) is 0.255. The van der Waals surface area contributed by atoms with E-state index >= 15 is 0 Å². The summed E-state index contributed by atoms with van der Waals surface area (Å²) in [4.78, 5) is 0. The molecule has 2 fully saturated rings. The molecule has 0 aromatic rings. The fourth-order valence-electron chi connectivity index (χ4n) is 3.33. The van der Waals surface area contributed by atoms with Gasteiger partial charge in [0.1, 0.15) is 9.84 Å². The van der Waals surface area contributed by atoms with Crippen LogP contribution in [0.1, 0.15) is 58.8 Å². The third-order valence-electron chi connectivity index (χ3n) is 5.12. The molecule has 0 aromatic carbocycles. The van der Waals surface area contributed by atoms with E-state index in [4.69, 9.17) is 0 Å². The molecule has 2 atom stereocenters. The average molecular weight is 287 g/mol. The summed E-state index contributed by atoms with van der Waals surface area (Å²) in [6.45, 7) is 5.71. The van der Waals surface area contributed by atoms with Gasteiger partial charge < -0.3 is 5.32 Å². The summed E-state index contributed by atoms with van der Waals surface area (Å²) >= 11 is 0. The number of hydrogen-bond acceptors (Lipinski definition) is 3. The first kappa shape index (κ1) is 15.3. The fourth-order valence-corrected chi connectivity index (χ4v) is 4.51. The van der Waals surface area contributed by atoms with Crippen molar-refractivity contribution in [2.75, 3.05) is 12.8 Å². The standard InChI is InChI=1S/C15H29NO2S/c1-15(2,9-10-16-13-7-8-13)12-5-4-6-14(11-12)19(3,17)18/h12-14,16H,4-11H2,1-3H3. The molecule has 0 amide bonds. The number of rotatable bonds is 6.